The van der Waals surface area contributed by atoms with Crippen molar-refractivity contribution in [3.63, 3.8) is 0 Å². The Morgan fingerprint density at radius 3 is 2.56 bits per heavy atom. The molecule has 1 heterocycles. The number of nitrogens with zero attached hydrogens (tertiary/aromatic N) is 2. The van der Waals surface area contributed by atoms with Gasteiger partial charge in [0.05, 0.1) is 19.3 Å². The van der Waals surface area contributed by atoms with Gasteiger partial charge in [0.2, 0.25) is 0 Å². The molecule has 4 rings (SSSR count). The minimum Gasteiger partial charge on any atom is -0.465 e. The molecule has 0 radical (unpaired) electrons. The average molecular weight is 545 g/mol. The van der Waals surface area contributed by atoms with E-state index < -0.39 is 8.32 Å². The topological polar surface area (TPSA) is 51.7 Å². The fourth-order valence-electron chi connectivity index (χ4n) is 5.26. The molecule has 6 heteroatoms. The standard InChI is InChI=1S/C33H44N2O3Si/c1-33(2,3)39(5,6)38-22-21-35(28-13-8-7-9-14-28)29-17-18-30-25(11-10-12-26(30)23-29)15-16-27-24-34-20-19-31(27)32(36)37-4/h7-9,13-14,17-20,23-25H,10-12,15-16,21-22H2,1-6H3/t25-/m0/s1. The minimum atomic E-state index is -1.82. The first-order chi connectivity index (χ1) is 18.6. The number of aryl methyl sites for hydroxylation is 2. The highest BCUT2D eigenvalue weighted by molar-refractivity contribution is 6.74. The fraction of sp³-hybridized carbons (Fsp3) is 0.455. The van der Waals surface area contributed by atoms with Crippen LogP contribution in [0.3, 0.4) is 0 Å². The SMILES string of the molecule is COC(=O)c1ccncc1CC[C@@H]1CCCc2cc(N(CCO[Si](C)(C)C(C)(C)C)c3ccccc3)ccc21. The number of benzene rings is 2. The first-order valence-electron chi connectivity index (χ1n) is 14.2. The minimum absolute atomic E-state index is 0.193. The van der Waals surface area contributed by atoms with Crippen LogP contribution in [0, 0.1) is 0 Å². The first-order valence-corrected chi connectivity index (χ1v) is 17.1. The van der Waals surface area contributed by atoms with Gasteiger partial charge in [-0.05, 0) is 103 Å². The zero-order valence-corrected chi connectivity index (χ0v) is 25.5. The lowest BCUT2D eigenvalue weighted by Crippen LogP contribution is -2.42. The van der Waals surface area contributed by atoms with Gasteiger partial charge in [-0.15, -0.1) is 0 Å². The van der Waals surface area contributed by atoms with Gasteiger partial charge in [-0.1, -0.05) is 45.0 Å². The van der Waals surface area contributed by atoms with Crippen LogP contribution in [-0.4, -0.2) is 39.5 Å². The van der Waals surface area contributed by atoms with E-state index in [0.717, 1.165) is 31.4 Å². The summed E-state index contributed by atoms with van der Waals surface area (Å²) in [5.74, 6) is 0.181. The number of carbonyl (C=O) groups is 1. The summed E-state index contributed by atoms with van der Waals surface area (Å²) in [7, 11) is -0.387. The van der Waals surface area contributed by atoms with Crippen LogP contribution in [0.5, 0.6) is 0 Å². The van der Waals surface area contributed by atoms with Crippen LogP contribution >= 0.6 is 0 Å². The maximum Gasteiger partial charge on any atom is 0.338 e. The molecule has 1 aliphatic carbocycles. The molecule has 1 atom stereocenters. The van der Waals surface area contributed by atoms with E-state index in [4.69, 9.17) is 9.16 Å². The molecule has 0 aliphatic heterocycles. The summed E-state index contributed by atoms with van der Waals surface area (Å²) in [6.07, 6.45) is 8.71. The van der Waals surface area contributed by atoms with E-state index in [0.29, 0.717) is 18.1 Å². The Bertz CT molecular complexity index is 1250. The third kappa shape index (κ3) is 6.98. The molecule has 39 heavy (non-hydrogen) atoms. The number of anilines is 2. The normalized spacial score (nSPS) is 15.5. The molecular weight excluding hydrogens is 500 g/mol. The van der Waals surface area contributed by atoms with Crippen molar-refractivity contribution in [2.24, 2.45) is 0 Å². The highest BCUT2D eigenvalue weighted by Gasteiger charge is 2.37. The van der Waals surface area contributed by atoms with Crippen molar-refractivity contribution in [1.82, 2.24) is 4.98 Å². The lowest BCUT2D eigenvalue weighted by molar-refractivity contribution is 0.0599. The first kappa shape index (κ1) is 29.0. The number of hydrogen-bond donors (Lipinski definition) is 0. The van der Waals surface area contributed by atoms with Crippen LogP contribution < -0.4 is 4.90 Å². The summed E-state index contributed by atoms with van der Waals surface area (Å²) in [6.45, 7) is 13.0. The summed E-state index contributed by atoms with van der Waals surface area (Å²) in [4.78, 5) is 18.9. The summed E-state index contributed by atoms with van der Waals surface area (Å²) >= 11 is 0. The van der Waals surface area contributed by atoms with Crippen LogP contribution in [0.4, 0.5) is 11.4 Å². The predicted molar refractivity (Wildman–Crippen MR) is 163 cm³/mol. The molecule has 0 fully saturated rings. The van der Waals surface area contributed by atoms with Crippen molar-refractivity contribution < 1.29 is 14.0 Å². The molecule has 2 aromatic carbocycles. The maximum atomic E-state index is 12.2. The number of carbonyl (C=O) groups excluding carboxylic acids is 1. The Kier molecular flexibility index (Phi) is 9.29. The lowest BCUT2D eigenvalue weighted by Gasteiger charge is -2.37. The van der Waals surface area contributed by atoms with Crippen LogP contribution in [0.2, 0.25) is 18.1 Å². The van der Waals surface area contributed by atoms with E-state index in [1.807, 2.05) is 6.20 Å². The third-order valence-corrected chi connectivity index (χ3v) is 13.1. The van der Waals surface area contributed by atoms with E-state index in [9.17, 15) is 4.79 Å². The van der Waals surface area contributed by atoms with Crippen molar-refractivity contribution in [3.05, 3.63) is 89.2 Å². The van der Waals surface area contributed by atoms with Crippen LogP contribution in [0.25, 0.3) is 0 Å². The van der Waals surface area contributed by atoms with Gasteiger partial charge in [0, 0.05) is 30.3 Å². The Labute approximate surface area is 235 Å². The second-order valence-corrected chi connectivity index (χ2v) is 16.9. The second kappa shape index (κ2) is 12.5. The fourth-order valence-corrected chi connectivity index (χ4v) is 6.29. The highest BCUT2D eigenvalue weighted by Crippen LogP contribution is 2.39. The molecule has 208 valence electrons. The molecule has 3 aromatic rings. The van der Waals surface area contributed by atoms with Crippen molar-refractivity contribution in [2.45, 2.75) is 76.9 Å². The van der Waals surface area contributed by atoms with Gasteiger partial charge in [-0.2, -0.15) is 0 Å². The quantitative estimate of drug-likeness (QED) is 0.191. The van der Waals surface area contributed by atoms with Gasteiger partial charge in [-0.25, -0.2) is 4.79 Å². The van der Waals surface area contributed by atoms with Crippen molar-refractivity contribution in [2.75, 3.05) is 25.2 Å². The van der Waals surface area contributed by atoms with Crippen molar-refractivity contribution in [1.29, 1.82) is 0 Å². The highest BCUT2D eigenvalue weighted by atomic mass is 28.4. The van der Waals surface area contributed by atoms with Crippen LogP contribution in [-0.2, 0) is 22.0 Å². The molecule has 0 saturated carbocycles. The smallest absolute Gasteiger partial charge is 0.338 e. The monoisotopic (exact) mass is 544 g/mol. The Hall–Kier alpha value is -2.96. The molecule has 0 spiro atoms. The molecule has 5 nitrogen and oxygen atoms in total. The number of methoxy groups -OCH3 is 1. The number of ether oxygens (including phenoxy) is 1. The van der Waals surface area contributed by atoms with Gasteiger partial charge in [0.15, 0.2) is 8.32 Å². The van der Waals surface area contributed by atoms with Gasteiger partial charge >= 0.3 is 5.97 Å². The summed E-state index contributed by atoms with van der Waals surface area (Å²) < 4.78 is 11.5. The summed E-state index contributed by atoms with van der Waals surface area (Å²) in [6, 6.07) is 19.4. The number of esters is 1. The average Bonchev–Trinajstić information content (AvgIpc) is 2.93. The Balaban J connectivity index is 1.53. The second-order valence-electron chi connectivity index (χ2n) is 12.1. The number of fused-ring (bicyclic) bond motifs is 1. The number of aromatic nitrogens is 1. The zero-order chi connectivity index (χ0) is 28.0. The van der Waals surface area contributed by atoms with E-state index in [1.165, 1.54) is 42.5 Å². The van der Waals surface area contributed by atoms with E-state index in [2.05, 4.69) is 92.3 Å². The maximum absolute atomic E-state index is 12.2. The number of pyridine rings is 1. The third-order valence-electron chi connectivity index (χ3n) is 8.60. The molecule has 0 saturated heterocycles. The molecule has 1 aromatic heterocycles. The van der Waals surface area contributed by atoms with E-state index in [-0.39, 0.29) is 11.0 Å². The van der Waals surface area contributed by atoms with E-state index >= 15 is 0 Å². The predicted octanol–water partition coefficient (Wildman–Crippen LogP) is 8.08. The Morgan fingerprint density at radius 2 is 1.85 bits per heavy atom. The Morgan fingerprint density at radius 1 is 1.08 bits per heavy atom. The summed E-state index contributed by atoms with van der Waals surface area (Å²) in [5, 5.41) is 0.193. The van der Waals surface area contributed by atoms with Crippen LogP contribution in [0.15, 0.2) is 67.0 Å². The molecule has 0 unspecified atom stereocenters. The number of rotatable bonds is 10. The van der Waals surface area contributed by atoms with Gasteiger partial charge in [0.1, 0.15) is 0 Å². The number of para-hydroxylation sites is 1. The van der Waals surface area contributed by atoms with Crippen molar-refractivity contribution >= 4 is 25.7 Å². The molecule has 0 bridgehead atoms. The van der Waals surface area contributed by atoms with E-state index in [1.54, 1.807) is 12.3 Å². The molecule has 1 aliphatic rings. The van der Waals surface area contributed by atoms with Crippen LogP contribution in [0.1, 0.15) is 73.0 Å². The lowest BCUT2D eigenvalue weighted by atomic mass is 9.79. The van der Waals surface area contributed by atoms with Gasteiger partial charge in [-0.3, -0.25) is 4.98 Å². The largest absolute Gasteiger partial charge is 0.465 e. The van der Waals surface area contributed by atoms with Crippen molar-refractivity contribution in [3.8, 4) is 0 Å². The van der Waals surface area contributed by atoms with Gasteiger partial charge < -0.3 is 14.1 Å². The van der Waals surface area contributed by atoms with Gasteiger partial charge in [0.25, 0.3) is 0 Å². The molecular formula is C33H44N2O3Si. The molecule has 0 amide bonds. The molecule has 0 N–H and O–H groups in total. The zero-order valence-electron chi connectivity index (χ0n) is 24.5. The summed E-state index contributed by atoms with van der Waals surface area (Å²) in [5.41, 5.74) is 6.88. The number of hydrogen-bond acceptors (Lipinski definition) is 5.